The molecule has 0 spiro atoms. The van der Waals surface area contributed by atoms with Crippen LogP contribution in [-0.4, -0.2) is 35.1 Å². The molecule has 5 heteroatoms. The average molecular weight is 361 g/mol. The van der Waals surface area contributed by atoms with Crippen molar-refractivity contribution in [3.05, 3.63) is 71.3 Å². The predicted molar refractivity (Wildman–Crippen MR) is 106 cm³/mol. The highest BCUT2D eigenvalue weighted by Gasteiger charge is 2.16. The second kappa shape index (κ2) is 9.13. The van der Waals surface area contributed by atoms with Crippen molar-refractivity contribution in [2.45, 2.75) is 25.5 Å². The highest BCUT2D eigenvalue weighted by atomic mass is 16.3. The Kier molecular flexibility index (Phi) is 6.37. The van der Waals surface area contributed by atoms with E-state index in [1.165, 1.54) is 6.08 Å². The Bertz CT molecular complexity index is 862. The number of hydrogen-bond acceptors (Lipinski definition) is 4. The Balaban J connectivity index is 1.57. The molecule has 5 nitrogen and oxygen atoms in total. The third-order valence-corrected chi connectivity index (χ3v) is 4.60. The van der Waals surface area contributed by atoms with Crippen LogP contribution in [0.5, 0.6) is 0 Å². The summed E-state index contributed by atoms with van der Waals surface area (Å²) in [5.41, 5.74) is 3.26. The maximum Gasteiger partial charge on any atom is 0.248 e. The molecule has 1 aliphatic rings. The first-order valence-electron chi connectivity index (χ1n) is 9.11. The normalized spacial score (nSPS) is 15.6. The van der Waals surface area contributed by atoms with Gasteiger partial charge in [0.1, 0.15) is 0 Å². The molecule has 1 aliphatic heterocycles. The van der Waals surface area contributed by atoms with Crippen LogP contribution in [0.25, 0.3) is 6.08 Å². The molecule has 1 saturated heterocycles. The van der Waals surface area contributed by atoms with E-state index in [2.05, 4.69) is 16.3 Å². The Morgan fingerprint density at radius 1 is 1.22 bits per heavy atom. The monoisotopic (exact) mass is 361 g/mol. The summed E-state index contributed by atoms with van der Waals surface area (Å²) in [6.07, 6.45) is 4.61. The van der Waals surface area contributed by atoms with Gasteiger partial charge in [0.15, 0.2) is 0 Å². The van der Waals surface area contributed by atoms with Gasteiger partial charge in [-0.1, -0.05) is 24.3 Å². The molecule has 1 amide bonds. The SMILES string of the molecule is N#Cc1cccc(/C=C\C(=O)Nc2cccc(CN3CCC(O)CC3)c2)c1. The fourth-order valence-electron chi connectivity index (χ4n) is 3.15. The van der Waals surface area contributed by atoms with Crippen molar-refractivity contribution in [2.75, 3.05) is 18.4 Å². The maximum atomic E-state index is 12.2. The zero-order valence-electron chi connectivity index (χ0n) is 15.1. The first kappa shape index (κ1) is 18.8. The highest BCUT2D eigenvalue weighted by Crippen LogP contribution is 2.17. The van der Waals surface area contributed by atoms with Crippen LogP contribution >= 0.6 is 0 Å². The topological polar surface area (TPSA) is 76.4 Å². The molecule has 1 fully saturated rings. The minimum atomic E-state index is -0.212. The van der Waals surface area contributed by atoms with Gasteiger partial charge in [0, 0.05) is 31.4 Å². The van der Waals surface area contributed by atoms with E-state index >= 15 is 0 Å². The van der Waals surface area contributed by atoms with Gasteiger partial charge in [-0.3, -0.25) is 9.69 Å². The number of anilines is 1. The molecule has 138 valence electrons. The summed E-state index contributed by atoms with van der Waals surface area (Å²) in [5, 5.41) is 21.4. The van der Waals surface area contributed by atoms with E-state index in [-0.39, 0.29) is 12.0 Å². The van der Waals surface area contributed by atoms with Gasteiger partial charge in [0.05, 0.1) is 17.7 Å². The summed E-state index contributed by atoms with van der Waals surface area (Å²) < 4.78 is 0. The van der Waals surface area contributed by atoms with Gasteiger partial charge in [0.25, 0.3) is 0 Å². The molecule has 0 aromatic heterocycles. The van der Waals surface area contributed by atoms with Crippen LogP contribution in [0, 0.1) is 11.3 Å². The van der Waals surface area contributed by atoms with Crippen LogP contribution in [0.2, 0.25) is 0 Å². The largest absolute Gasteiger partial charge is 0.393 e. The van der Waals surface area contributed by atoms with E-state index in [1.54, 1.807) is 24.3 Å². The smallest absolute Gasteiger partial charge is 0.248 e. The van der Waals surface area contributed by atoms with Crippen molar-refractivity contribution in [2.24, 2.45) is 0 Å². The lowest BCUT2D eigenvalue weighted by molar-refractivity contribution is -0.111. The molecule has 0 saturated carbocycles. The zero-order chi connectivity index (χ0) is 19.1. The summed E-state index contributed by atoms with van der Waals surface area (Å²) in [5.74, 6) is -0.212. The number of hydrogen-bond donors (Lipinski definition) is 2. The molecule has 1 heterocycles. The van der Waals surface area contributed by atoms with Crippen LogP contribution in [-0.2, 0) is 11.3 Å². The number of nitriles is 1. The van der Waals surface area contributed by atoms with Gasteiger partial charge < -0.3 is 10.4 Å². The number of piperidine rings is 1. The Morgan fingerprint density at radius 3 is 2.78 bits per heavy atom. The van der Waals surface area contributed by atoms with Gasteiger partial charge in [-0.15, -0.1) is 0 Å². The van der Waals surface area contributed by atoms with E-state index < -0.39 is 0 Å². The van der Waals surface area contributed by atoms with Crippen molar-refractivity contribution in [1.29, 1.82) is 5.26 Å². The molecule has 2 N–H and O–H groups in total. The quantitative estimate of drug-likeness (QED) is 0.802. The first-order valence-corrected chi connectivity index (χ1v) is 9.11. The van der Waals surface area contributed by atoms with Crippen molar-refractivity contribution in [1.82, 2.24) is 4.90 Å². The number of nitrogens with one attached hydrogen (secondary N) is 1. The molecule has 0 atom stereocenters. The van der Waals surface area contributed by atoms with Crippen molar-refractivity contribution >= 4 is 17.7 Å². The lowest BCUT2D eigenvalue weighted by Gasteiger charge is -2.29. The molecule has 2 aromatic rings. The number of benzene rings is 2. The van der Waals surface area contributed by atoms with E-state index in [0.717, 1.165) is 49.3 Å². The Morgan fingerprint density at radius 2 is 2.00 bits per heavy atom. The Hall–Kier alpha value is -2.94. The minimum absolute atomic E-state index is 0.174. The second-order valence-corrected chi connectivity index (χ2v) is 6.77. The number of aliphatic hydroxyl groups excluding tert-OH is 1. The van der Waals surface area contributed by atoms with Gasteiger partial charge in [-0.25, -0.2) is 0 Å². The number of carbonyl (C=O) groups excluding carboxylic acids is 1. The number of nitrogens with zero attached hydrogens (tertiary/aromatic N) is 2. The summed E-state index contributed by atoms with van der Waals surface area (Å²) >= 11 is 0. The summed E-state index contributed by atoms with van der Waals surface area (Å²) in [7, 11) is 0. The fraction of sp³-hybridized carbons (Fsp3) is 0.273. The fourth-order valence-corrected chi connectivity index (χ4v) is 3.15. The number of aliphatic hydroxyl groups is 1. The zero-order valence-corrected chi connectivity index (χ0v) is 15.1. The third kappa shape index (κ3) is 5.78. The lowest BCUT2D eigenvalue weighted by atomic mass is 10.1. The number of carbonyl (C=O) groups is 1. The van der Waals surface area contributed by atoms with Gasteiger partial charge in [-0.05, 0) is 54.3 Å². The number of likely N-dealkylation sites (tertiary alicyclic amines) is 1. The van der Waals surface area contributed by atoms with Crippen LogP contribution in [0.4, 0.5) is 5.69 Å². The van der Waals surface area contributed by atoms with E-state index in [1.807, 2.05) is 30.3 Å². The highest BCUT2D eigenvalue weighted by molar-refractivity contribution is 6.01. The van der Waals surface area contributed by atoms with E-state index in [0.29, 0.717) is 5.56 Å². The molecule has 0 aliphatic carbocycles. The standard InChI is InChI=1S/C22H23N3O2/c23-15-18-4-1-3-17(13-18)7-8-22(27)24-20-6-2-5-19(14-20)16-25-11-9-21(26)10-12-25/h1-8,13-14,21,26H,9-12,16H2,(H,24,27)/b8-7-. The van der Waals surface area contributed by atoms with Crippen LogP contribution < -0.4 is 5.32 Å². The van der Waals surface area contributed by atoms with Crippen LogP contribution in [0.15, 0.2) is 54.6 Å². The van der Waals surface area contributed by atoms with E-state index in [9.17, 15) is 9.90 Å². The van der Waals surface area contributed by atoms with Crippen molar-refractivity contribution < 1.29 is 9.90 Å². The Labute approximate surface area is 159 Å². The molecule has 3 rings (SSSR count). The lowest BCUT2D eigenvalue weighted by Crippen LogP contribution is -2.35. The van der Waals surface area contributed by atoms with Gasteiger partial charge in [0.2, 0.25) is 5.91 Å². The van der Waals surface area contributed by atoms with Crippen molar-refractivity contribution in [3.8, 4) is 6.07 Å². The van der Waals surface area contributed by atoms with E-state index in [4.69, 9.17) is 5.26 Å². The molecule has 0 bridgehead atoms. The van der Waals surface area contributed by atoms with Crippen LogP contribution in [0.3, 0.4) is 0 Å². The van der Waals surface area contributed by atoms with Crippen LogP contribution in [0.1, 0.15) is 29.5 Å². The predicted octanol–water partition coefficient (Wildman–Crippen LogP) is 3.17. The molecular weight excluding hydrogens is 338 g/mol. The maximum absolute atomic E-state index is 12.2. The minimum Gasteiger partial charge on any atom is -0.393 e. The summed E-state index contributed by atoms with van der Waals surface area (Å²) in [4.78, 5) is 14.5. The number of amides is 1. The van der Waals surface area contributed by atoms with Gasteiger partial charge >= 0.3 is 0 Å². The number of rotatable bonds is 5. The first-order chi connectivity index (χ1) is 13.1. The molecule has 0 unspecified atom stereocenters. The average Bonchev–Trinajstić information content (AvgIpc) is 2.69. The van der Waals surface area contributed by atoms with Gasteiger partial charge in [-0.2, -0.15) is 5.26 Å². The third-order valence-electron chi connectivity index (χ3n) is 4.60. The molecule has 2 aromatic carbocycles. The summed E-state index contributed by atoms with van der Waals surface area (Å²) in [6.45, 7) is 2.59. The summed E-state index contributed by atoms with van der Waals surface area (Å²) in [6, 6.07) is 17.0. The second-order valence-electron chi connectivity index (χ2n) is 6.77. The molecule has 27 heavy (non-hydrogen) atoms. The van der Waals surface area contributed by atoms with Crippen molar-refractivity contribution in [3.63, 3.8) is 0 Å². The molecule has 0 radical (unpaired) electrons. The molecular formula is C22H23N3O2.